The fourth-order valence-corrected chi connectivity index (χ4v) is 3.66. The smallest absolute Gasteiger partial charge is 0.243 e. The van der Waals surface area contributed by atoms with Gasteiger partial charge in [0.2, 0.25) is 10.0 Å². The normalized spacial score (nSPS) is 18.2. The summed E-state index contributed by atoms with van der Waals surface area (Å²) in [6, 6.07) is 7.15. The van der Waals surface area contributed by atoms with Crippen LogP contribution < -0.4 is 5.32 Å². The SMILES string of the molecule is Cc1ccc(S(=O)(=O)N(C)C2CCNCC2)cc1. The number of aryl methyl sites for hydroxylation is 1. The van der Waals surface area contributed by atoms with Gasteiger partial charge in [0.25, 0.3) is 0 Å². The molecule has 0 aliphatic carbocycles. The molecule has 0 aromatic heterocycles. The summed E-state index contributed by atoms with van der Waals surface area (Å²) < 4.78 is 26.4. The molecule has 0 radical (unpaired) electrons. The number of rotatable bonds is 3. The number of sulfonamides is 1. The maximum Gasteiger partial charge on any atom is 0.243 e. The van der Waals surface area contributed by atoms with Crippen LogP contribution in [0.2, 0.25) is 0 Å². The molecule has 100 valence electrons. The van der Waals surface area contributed by atoms with E-state index >= 15 is 0 Å². The maximum absolute atomic E-state index is 12.4. The number of benzene rings is 1. The van der Waals surface area contributed by atoms with Gasteiger partial charge in [0.15, 0.2) is 0 Å². The standard InChI is InChI=1S/C13H20N2O2S/c1-11-3-5-13(6-4-11)18(16,17)15(2)12-7-9-14-10-8-12/h3-6,12,14H,7-10H2,1-2H3. The van der Waals surface area contributed by atoms with E-state index in [9.17, 15) is 8.42 Å². The van der Waals surface area contributed by atoms with Crippen LogP contribution in [0.4, 0.5) is 0 Å². The van der Waals surface area contributed by atoms with Crippen molar-refractivity contribution in [2.45, 2.75) is 30.7 Å². The third-order valence-electron chi connectivity index (χ3n) is 3.52. The fourth-order valence-electron chi connectivity index (χ4n) is 2.24. The molecule has 2 rings (SSSR count). The summed E-state index contributed by atoms with van der Waals surface area (Å²) in [5.74, 6) is 0. The second-order valence-corrected chi connectivity index (χ2v) is 6.81. The van der Waals surface area contributed by atoms with Crippen molar-refractivity contribution in [1.82, 2.24) is 9.62 Å². The van der Waals surface area contributed by atoms with Crippen LogP contribution in [0, 0.1) is 6.92 Å². The van der Waals surface area contributed by atoms with Crippen molar-refractivity contribution in [1.29, 1.82) is 0 Å². The van der Waals surface area contributed by atoms with E-state index in [1.54, 1.807) is 19.2 Å². The highest BCUT2D eigenvalue weighted by atomic mass is 32.2. The van der Waals surface area contributed by atoms with Crippen LogP contribution in [0.1, 0.15) is 18.4 Å². The van der Waals surface area contributed by atoms with E-state index in [0.29, 0.717) is 4.90 Å². The molecule has 0 atom stereocenters. The average Bonchev–Trinajstić information content (AvgIpc) is 2.39. The van der Waals surface area contributed by atoms with Gasteiger partial charge in [-0.25, -0.2) is 8.42 Å². The van der Waals surface area contributed by atoms with E-state index in [1.807, 2.05) is 19.1 Å². The first kappa shape index (κ1) is 13.5. The number of hydrogen-bond donors (Lipinski definition) is 1. The van der Waals surface area contributed by atoms with Crippen molar-refractivity contribution in [2.24, 2.45) is 0 Å². The molecule has 1 aromatic rings. The highest BCUT2D eigenvalue weighted by molar-refractivity contribution is 7.89. The van der Waals surface area contributed by atoms with Gasteiger partial charge in [-0.15, -0.1) is 0 Å². The van der Waals surface area contributed by atoms with E-state index in [-0.39, 0.29) is 6.04 Å². The van der Waals surface area contributed by atoms with Gasteiger partial charge >= 0.3 is 0 Å². The third kappa shape index (κ3) is 2.74. The maximum atomic E-state index is 12.4. The average molecular weight is 268 g/mol. The summed E-state index contributed by atoms with van der Waals surface area (Å²) in [6.45, 7) is 3.73. The minimum Gasteiger partial charge on any atom is -0.317 e. The first-order valence-electron chi connectivity index (χ1n) is 6.27. The minimum atomic E-state index is -3.35. The summed E-state index contributed by atoms with van der Waals surface area (Å²) in [6.07, 6.45) is 1.75. The van der Waals surface area contributed by atoms with E-state index in [0.717, 1.165) is 31.5 Å². The highest BCUT2D eigenvalue weighted by Crippen LogP contribution is 2.20. The zero-order valence-corrected chi connectivity index (χ0v) is 11.7. The zero-order valence-electron chi connectivity index (χ0n) is 10.9. The van der Waals surface area contributed by atoms with Crippen LogP contribution in [0.5, 0.6) is 0 Å². The van der Waals surface area contributed by atoms with Crippen molar-refractivity contribution < 1.29 is 8.42 Å². The van der Waals surface area contributed by atoms with Gasteiger partial charge in [0.1, 0.15) is 0 Å². The van der Waals surface area contributed by atoms with Crippen molar-refractivity contribution >= 4 is 10.0 Å². The monoisotopic (exact) mass is 268 g/mol. The van der Waals surface area contributed by atoms with Gasteiger partial charge < -0.3 is 5.32 Å². The zero-order chi connectivity index (χ0) is 13.2. The minimum absolute atomic E-state index is 0.109. The van der Waals surface area contributed by atoms with Crippen molar-refractivity contribution in [3.8, 4) is 0 Å². The molecule has 0 bridgehead atoms. The van der Waals surface area contributed by atoms with E-state index in [1.165, 1.54) is 4.31 Å². The first-order valence-corrected chi connectivity index (χ1v) is 7.71. The Morgan fingerprint density at radius 3 is 2.28 bits per heavy atom. The van der Waals surface area contributed by atoms with Crippen LogP contribution in [0.25, 0.3) is 0 Å². The molecule has 18 heavy (non-hydrogen) atoms. The topological polar surface area (TPSA) is 49.4 Å². The van der Waals surface area contributed by atoms with Gasteiger partial charge in [-0.2, -0.15) is 4.31 Å². The van der Waals surface area contributed by atoms with E-state index < -0.39 is 10.0 Å². The molecule has 1 heterocycles. The Labute approximate surface area is 109 Å². The molecule has 5 heteroatoms. The van der Waals surface area contributed by atoms with Gasteiger partial charge in [-0.3, -0.25) is 0 Å². The molecule has 1 saturated heterocycles. The molecule has 0 spiro atoms. The van der Waals surface area contributed by atoms with Crippen molar-refractivity contribution in [3.63, 3.8) is 0 Å². The molecule has 0 saturated carbocycles. The predicted molar refractivity (Wildman–Crippen MR) is 72.0 cm³/mol. The highest BCUT2D eigenvalue weighted by Gasteiger charge is 2.28. The van der Waals surface area contributed by atoms with Crippen LogP contribution in [-0.2, 0) is 10.0 Å². The van der Waals surface area contributed by atoms with Crippen molar-refractivity contribution in [2.75, 3.05) is 20.1 Å². The summed E-state index contributed by atoms with van der Waals surface area (Å²) >= 11 is 0. The Balaban J connectivity index is 2.21. The molecule has 0 unspecified atom stereocenters. The first-order chi connectivity index (χ1) is 8.51. The molecule has 1 aliphatic rings. The van der Waals surface area contributed by atoms with Gasteiger partial charge in [-0.05, 0) is 45.0 Å². The lowest BCUT2D eigenvalue weighted by Crippen LogP contribution is -2.43. The Kier molecular flexibility index (Phi) is 4.04. The van der Waals surface area contributed by atoms with Gasteiger partial charge in [-0.1, -0.05) is 17.7 Å². The molecule has 1 fully saturated rings. The fraction of sp³-hybridized carbons (Fsp3) is 0.538. The summed E-state index contributed by atoms with van der Waals surface area (Å²) in [4.78, 5) is 0.383. The van der Waals surface area contributed by atoms with Crippen LogP contribution in [0.3, 0.4) is 0 Å². The van der Waals surface area contributed by atoms with Gasteiger partial charge in [0, 0.05) is 13.1 Å². The summed E-state index contributed by atoms with van der Waals surface area (Å²) in [5, 5.41) is 3.25. The van der Waals surface area contributed by atoms with Crippen molar-refractivity contribution in [3.05, 3.63) is 29.8 Å². The second-order valence-electron chi connectivity index (χ2n) is 4.82. The Morgan fingerprint density at radius 1 is 1.17 bits per heavy atom. The summed E-state index contributed by atoms with van der Waals surface area (Å²) in [7, 11) is -1.66. The largest absolute Gasteiger partial charge is 0.317 e. The molecular weight excluding hydrogens is 248 g/mol. The number of nitrogens with zero attached hydrogens (tertiary/aromatic N) is 1. The predicted octanol–water partition coefficient (Wildman–Crippen LogP) is 1.37. The lowest BCUT2D eigenvalue weighted by atomic mass is 10.1. The van der Waals surface area contributed by atoms with Gasteiger partial charge in [0.05, 0.1) is 4.90 Å². The number of nitrogens with one attached hydrogen (secondary N) is 1. The Morgan fingerprint density at radius 2 is 1.72 bits per heavy atom. The lowest BCUT2D eigenvalue weighted by Gasteiger charge is -2.30. The quantitative estimate of drug-likeness (QED) is 0.900. The lowest BCUT2D eigenvalue weighted by molar-refractivity contribution is 0.296. The third-order valence-corrected chi connectivity index (χ3v) is 5.45. The number of hydrogen-bond acceptors (Lipinski definition) is 3. The molecule has 4 nitrogen and oxygen atoms in total. The molecular formula is C13H20N2O2S. The molecule has 1 aromatic carbocycles. The molecule has 0 amide bonds. The molecule has 1 N–H and O–H groups in total. The molecule has 1 aliphatic heterocycles. The Hall–Kier alpha value is -0.910. The van der Waals surface area contributed by atoms with Crippen LogP contribution in [0.15, 0.2) is 29.2 Å². The summed E-state index contributed by atoms with van der Waals surface area (Å²) in [5.41, 5.74) is 1.07. The number of piperidine rings is 1. The van der Waals surface area contributed by atoms with E-state index in [4.69, 9.17) is 0 Å². The van der Waals surface area contributed by atoms with Crippen LogP contribution in [-0.4, -0.2) is 38.9 Å². The Bertz CT molecular complexity index is 490. The second kappa shape index (κ2) is 5.38. The van der Waals surface area contributed by atoms with E-state index in [2.05, 4.69) is 5.32 Å². The van der Waals surface area contributed by atoms with Crippen LogP contribution >= 0.6 is 0 Å².